The molecule has 114 valence electrons. The Bertz CT molecular complexity index is 1070. The molecule has 24 heavy (non-hydrogen) atoms. The molecule has 0 fully saturated rings. The SMILES string of the molecule is N#Cc1cccc(-n2cc(-c3ccccc3)c3c(N)ncnc32)c1. The van der Waals surface area contributed by atoms with Crippen LogP contribution in [0.25, 0.3) is 27.8 Å². The number of aromatic nitrogens is 3. The van der Waals surface area contributed by atoms with Gasteiger partial charge in [-0.1, -0.05) is 36.4 Å². The fraction of sp³-hybridized carbons (Fsp3) is 0. The maximum Gasteiger partial charge on any atom is 0.150 e. The second-order valence-corrected chi connectivity index (χ2v) is 5.40. The molecule has 2 aromatic carbocycles. The first-order valence-corrected chi connectivity index (χ1v) is 7.45. The summed E-state index contributed by atoms with van der Waals surface area (Å²) in [7, 11) is 0. The first kappa shape index (κ1) is 14.0. The van der Waals surface area contributed by atoms with Gasteiger partial charge in [-0.15, -0.1) is 0 Å². The Balaban J connectivity index is 2.04. The molecule has 0 aliphatic heterocycles. The van der Waals surface area contributed by atoms with Crippen LogP contribution in [0.2, 0.25) is 0 Å². The van der Waals surface area contributed by atoms with Gasteiger partial charge in [0.1, 0.15) is 12.1 Å². The zero-order valence-corrected chi connectivity index (χ0v) is 12.7. The first-order valence-electron chi connectivity index (χ1n) is 7.45. The van der Waals surface area contributed by atoms with E-state index in [0.717, 1.165) is 27.8 Å². The molecule has 0 unspecified atom stereocenters. The minimum atomic E-state index is 0.439. The molecule has 4 rings (SSSR count). The molecule has 0 aliphatic carbocycles. The lowest BCUT2D eigenvalue weighted by Gasteiger charge is -2.04. The van der Waals surface area contributed by atoms with Crippen LogP contribution in [0, 0.1) is 11.3 Å². The molecule has 0 saturated carbocycles. The van der Waals surface area contributed by atoms with E-state index in [4.69, 9.17) is 11.0 Å². The van der Waals surface area contributed by atoms with Crippen molar-refractivity contribution in [2.45, 2.75) is 0 Å². The number of nitrogens with zero attached hydrogens (tertiary/aromatic N) is 4. The molecule has 5 heteroatoms. The number of benzene rings is 2. The Morgan fingerprint density at radius 2 is 1.83 bits per heavy atom. The number of nitriles is 1. The molecule has 0 spiro atoms. The molecule has 0 aliphatic rings. The van der Waals surface area contributed by atoms with E-state index in [1.54, 1.807) is 6.07 Å². The second kappa shape index (κ2) is 5.52. The summed E-state index contributed by atoms with van der Waals surface area (Å²) in [5.74, 6) is 0.439. The summed E-state index contributed by atoms with van der Waals surface area (Å²) in [6, 6.07) is 19.5. The maximum absolute atomic E-state index is 9.14. The van der Waals surface area contributed by atoms with E-state index in [1.165, 1.54) is 6.33 Å². The van der Waals surface area contributed by atoms with Crippen molar-refractivity contribution < 1.29 is 0 Å². The number of nitrogens with two attached hydrogens (primary N) is 1. The third-order valence-electron chi connectivity index (χ3n) is 3.95. The average Bonchev–Trinajstić information content (AvgIpc) is 3.04. The molecule has 0 saturated heterocycles. The quantitative estimate of drug-likeness (QED) is 0.614. The smallest absolute Gasteiger partial charge is 0.150 e. The molecular weight excluding hydrogens is 298 g/mol. The van der Waals surface area contributed by atoms with Gasteiger partial charge in [0, 0.05) is 17.4 Å². The second-order valence-electron chi connectivity index (χ2n) is 5.40. The highest BCUT2D eigenvalue weighted by Crippen LogP contribution is 2.34. The van der Waals surface area contributed by atoms with Gasteiger partial charge in [-0.3, -0.25) is 0 Å². The monoisotopic (exact) mass is 311 g/mol. The van der Waals surface area contributed by atoms with Gasteiger partial charge in [-0.2, -0.15) is 5.26 Å². The average molecular weight is 311 g/mol. The Labute approximate surface area is 138 Å². The van der Waals surface area contributed by atoms with Crippen molar-refractivity contribution in [1.29, 1.82) is 5.26 Å². The van der Waals surface area contributed by atoms with Gasteiger partial charge in [0.15, 0.2) is 5.65 Å². The molecule has 2 heterocycles. The largest absolute Gasteiger partial charge is 0.383 e. The topological polar surface area (TPSA) is 80.5 Å². The minimum absolute atomic E-state index is 0.439. The lowest BCUT2D eigenvalue weighted by Crippen LogP contribution is -1.97. The van der Waals surface area contributed by atoms with Gasteiger partial charge >= 0.3 is 0 Å². The lowest BCUT2D eigenvalue weighted by atomic mass is 10.1. The van der Waals surface area contributed by atoms with E-state index in [-0.39, 0.29) is 0 Å². The first-order chi connectivity index (χ1) is 11.8. The molecule has 0 radical (unpaired) electrons. The molecule has 4 aromatic rings. The third kappa shape index (κ3) is 2.18. The van der Waals surface area contributed by atoms with E-state index in [0.29, 0.717) is 11.4 Å². The number of rotatable bonds is 2. The van der Waals surface area contributed by atoms with Crippen molar-refractivity contribution in [3.8, 4) is 22.9 Å². The van der Waals surface area contributed by atoms with Crippen LogP contribution in [0.5, 0.6) is 0 Å². The summed E-state index contributed by atoms with van der Waals surface area (Å²) in [5, 5.41) is 9.96. The van der Waals surface area contributed by atoms with Crippen molar-refractivity contribution in [1.82, 2.24) is 14.5 Å². The summed E-state index contributed by atoms with van der Waals surface area (Å²) < 4.78 is 1.94. The van der Waals surface area contributed by atoms with Crippen molar-refractivity contribution in [2.24, 2.45) is 0 Å². The van der Waals surface area contributed by atoms with Crippen LogP contribution in [-0.4, -0.2) is 14.5 Å². The molecule has 5 nitrogen and oxygen atoms in total. The van der Waals surface area contributed by atoms with Crippen molar-refractivity contribution in [3.63, 3.8) is 0 Å². The molecule has 0 atom stereocenters. The zero-order valence-electron chi connectivity index (χ0n) is 12.7. The molecule has 0 bridgehead atoms. The molecular formula is C19H13N5. The van der Waals surface area contributed by atoms with Crippen LogP contribution in [-0.2, 0) is 0 Å². The van der Waals surface area contributed by atoms with Crippen LogP contribution in [0.15, 0.2) is 67.1 Å². The van der Waals surface area contributed by atoms with Crippen LogP contribution in [0.4, 0.5) is 5.82 Å². The highest BCUT2D eigenvalue weighted by molar-refractivity contribution is 6.01. The van der Waals surface area contributed by atoms with Gasteiger partial charge in [0.05, 0.1) is 17.0 Å². The van der Waals surface area contributed by atoms with E-state index < -0.39 is 0 Å². The summed E-state index contributed by atoms with van der Waals surface area (Å²) in [6.45, 7) is 0. The predicted molar refractivity (Wildman–Crippen MR) is 93.4 cm³/mol. The molecule has 0 amide bonds. The van der Waals surface area contributed by atoms with Crippen LogP contribution < -0.4 is 5.73 Å². The van der Waals surface area contributed by atoms with Crippen LogP contribution >= 0.6 is 0 Å². The van der Waals surface area contributed by atoms with E-state index in [1.807, 2.05) is 59.3 Å². The van der Waals surface area contributed by atoms with Gasteiger partial charge < -0.3 is 10.3 Å². The fourth-order valence-corrected chi connectivity index (χ4v) is 2.84. The van der Waals surface area contributed by atoms with E-state index >= 15 is 0 Å². The van der Waals surface area contributed by atoms with Crippen molar-refractivity contribution >= 4 is 16.9 Å². The zero-order chi connectivity index (χ0) is 16.5. The Morgan fingerprint density at radius 1 is 1.00 bits per heavy atom. The summed E-state index contributed by atoms with van der Waals surface area (Å²) in [4.78, 5) is 8.54. The third-order valence-corrected chi connectivity index (χ3v) is 3.95. The van der Waals surface area contributed by atoms with Gasteiger partial charge in [0.25, 0.3) is 0 Å². The number of hydrogen-bond acceptors (Lipinski definition) is 4. The van der Waals surface area contributed by atoms with Gasteiger partial charge in [-0.25, -0.2) is 9.97 Å². The number of nitrogen functional groups attached to an aromatic ring is 1. The van der Waals surface area contributed by atoms with Crippen molar-refractivity contribution in [3.05, 3.63) is 72.7 Å². The Morgan fingerprint density at radius 3 is 2.62 bits per heavy atom. The lowest BCUT2D eigenvalue weighted by molar-refractivity contribution is 1.08. The fourth-order valence-electron chi connectivity index (χ4n) is 2.84. The van der Waals surface area contributed by atoms with Crippen molar-refractivity contribution in [2.75, 3.05) is 5.73 Å². The number of fused-ring (bicyclic) bond motifs is 1. The summed E-state index contributed by atoms with van der Waals surface area (Å²) in [5.41, 5.74) is 10.3. The van der Waals surface area contributed by atoms with Gasteiger partial charge in [0.2, 0.25) is 0 Å². The van der Waals surface area contributed by atoms with Crippen LogP contribution in [0.1, 0.15) is 5.56 Å². The summed E-state index contributed by atoms with van der Waals surface area (Å²) >= 11 is 0. The minimum Gasteiger partial charge on any atom is -0.383 e. The number of anilines is 1. The normalized spacial score (nSPS) is 10.6. The predicted octanol–water partition coefficient (Wildman–Crippen LogP) is 3.54. The highest BCUT2D eigenvalue weighted by atomic mass is 15.1. The van der Waals surface area contributed by atoms with E-state index in [9.17, 15) is 0 Å². The Kier molecular flexibility index (Phi) is 3.22. The van der Waals surface area contributed by atoms with E-state index in [2.05, 4.69) is 16.0 Å². The summed E-state index contributed by atoms with van der Waals surface area (Å²) in [6.07, 6.45) is 3.44. The van der Waals surface area contributed by atoms with Gasteiger partial charge in [-0.05, 0) is 23.8 Å². The molecule has 2 N–H and O–H groups in total. The molecule has 2 aromatic heterocycles. The highest BCUT2D eigenvalue weighted by Gasteiger charge is 2.15. The standard InChI is InChI=1S/C19H13N5/c20-10-13-5-4-8-15(9-13)24-11-16(14-6-2-1-3-7-14)17-18(21)22-12-23-19(17)24/h1-9,11-12H,(H2,21,22,23). The number of hydrogen-bond donors (Lipinski definition) is 1. The maximum atomic E-state index is 9.14. The van der Waals surface area contributed by atoms with Crippen LogP contribution in [0.3, 0.4) is 0 Å². The Hall–Kier alpha value is -3.65.